The molecule has 1 nitrogen and oxygen atoms in total. The molecule has 2 aromatic rings. The summed E-state index contributed by atoms with van der Waals surface area (Å²) >= 11 is 3.64. The van der Waals surface area contributed by atoms with Gasteiger partial charge in [0, 0.05) is 4.47 Å². The monoisotopic (exact) mass is 302 g/mol. The Hall–Kier alpha value is -1.28. The molecule has 2 atom stereocenters. The summed E-state index contributed by atoms with van der Waals surface area (Å²) in [4.78, 5) is 0. The van der Waals surface area contributed by atoms with Gasteiger partial charge in [0.1, 0.15) is 5.75 Å². The van der Waals surface area contributed by atoms with Crippen molar-refractivity contribution < 1.29 is 4.74 Å². The highest BCUT2D eigenvalue weighted by Crippen LogP contribution is 2.57. The van der Waals surface area contributed by atoms with Crippen LogP contribution in [0.4, 0.5) is 0 Å². The van der Waals surface area contributed by atoms with E-state index in [0.29, 0.717) is 11.8 Å². The van der Waals surface area contributed by atoms with Crippen LogP contribution in [-0.2, 0) is 0 Å². The van der Waals surface area contributed by atoms with Gasteiger partial charge < -0.3 is 4.74 Å². The molecule has 0 radical (unpaired) electrons. The van der Waals surface area contributed by atoms with Crippen molar-refractivity contribution in [3.8, 4) is 5.75 Å². The van der Waals surface area contributed by atoms with Crippen LogP contribution in [0.3, 0.4) is 0 Å². The summed E-state index contributed by atoms with van der Waals surface area (Å²) in [5.41, 5.74) is 2.74. The van der Waals surface area contributed by atoms with Gasteiger partial charge in [-0.15, -0.1) is 0 Å². The number of benzene rings is 2. The van der Waals surface area contributed by atoms with Crippen molar-refractivity contribution >= 4 is 15.9 Å². The van der Waals surface area contributed by atoms with Crippen LogP contribution in [0.1, 0.15) is 29.4 Å². The van der Waals surface area contributed by atoms with E-state index in [1.165, 1.54) is 22.0 Å². The molecular weight excluding hydrogens is 288 g/mol. The second kappa shape index (κ2) is 4.77. The van der Waals surface area contributed by atoms with Crippen LogP contribution in [0.25, 0.3) is 0 Å². The molecule has 2 aromatic carbocycles. The number of hydrogen-bond acceptors (Lipinski definition) is 1. The number of hydrogen-bond donors (Lipinski definition) is 0. The fourth-order valence-electron chi connectivity index (χ4n) is 2.63. The normalized spacial score (nSPS) is 21.7. The third-order valence-electron chi connectivity index (χ3n) is 3.63. The molecule has 0 N–H and O–H groups in total. The van der Waals surface area contributed by atoms with Gasteiger partial charge in [-0.25, -0.2) is 0 Å². The minimum Gasteiger partial charge on any atom is -0.496 e. The standard InChI is InChI=1S/C16H15BrO/c1-18-16-9-5-3-7-12(16)14-10-13(14)11-6-2-4-8-15(11)17/h2-9,13-14H,10H2,1H3/t13-,14-/m1/s1. The lowest BCUT2D eigenvalue weighted by Crippen LogP contribution is -1.91. The van der Waals surface area contributed by atoms with Crippen molar-refractivity contribution in [2.75, 3.05) is 7.11 Å². The van der Waals surface area contributed by atoms with E-state index < -0.39 is 0 Å². The van der Waals surface area contributed by atoms with Crippen LogP contribution >= 0.6 is 15.9 Å². The zero-order valence-electron chi connectivity index (χ0n) is 10.3. The van der Waals surface area contributed by atoms with E-state index in [1.807, 2.05) is 12.1 Å². The molecule has 0 aromatic heterocycles. The van der Waals surface area contributed by atoms with Crippen LogP contribution < -0.4 is 4.74 Å². The molecule has 1 fully saturated rings. The Bertz CT molecular complexity index is 565. The van der Waals surface area contributed by atoms with Gasteiger partial charge in [-0.1, -0.05) is 52.3 Å². The summed E-state index contributed by atoms with van der Waals surface area (Å²) in [6.07, 6.45) is 1.21. The number of rotatable bonds is 3. The molecule has 1 aliphatic carbocycles. The summed E-state index contributed by atoms with van der Waals surface area (Å²) in [7, 11) is 1.74. The van der Waals surface area contributed by atoms with Crippen molar-refractivity contribution in [3.05, 3.63) is 64.1 Å². The van der Waals surface area contributed by atoms with Crippen LogP contribution in [0.15, 0.2) is 53.0 Å². The fourth-order valence-corrected chi connectivity index (χ4v) is 3.21. The molecule has 0 unspecified atom stereocenters. The smallest absolute Gasteiger partial charge is 0.122 e. The molecule has 2 heteroatoms. The lowest BCUT2D eigenvalue weighted by molar-refractivity contribution is 0.409. The summed E-state index contributed by atoms with van der Waals surface area (Å²) in [6, 6.07) is 16.8. The number of ether oxygens (including phenoxy) is 1. The van der Waals surface area contributed by atoms with Crippen molar-refractivity contribution in [2.45, 2.75) is 18.3 Å². The lowest BCUT2D eigenvalue weighted by Gasteiger charge is -2.08. The zero-order valence-corrected chi connectivity index (χ0v) is 11.9. The lowest BCUT2D eigenvalue weighted by atomic mass is 10.0. The van der Waals surface area contributed by atoms with Crippen LogP contribution in [-0.4, -0.2) is 7.11 Å². The molecule has 0 spiro atoms. The van der Waals surface area contributed by atoms with Gasteiger partial charge in [-0.3, -0.25) is 0 Å². The highest BCUT2D eigenvalue weighted by atomic mass is 79.9. The predicted octanol–water partition coefficient (Wildman–Crippen LogP) is 4.73. The molecule has 1 aliphatic rings. The average molecular weight is 303 g/mol. The minimum absolute atomic E-state index is 0.597. The van der Waals surface area contributed by atoms with Gasteiger partial charge >= 0.3 is 0 Å². The second-order valence-electron chi connectivity index (χ2n) is 4.71. The first kappa shape index (κ1) is 11.8. The molecule has 0 saturated heterocycles. The van der Waals surface area contributed by atoms with Crippen LogP contribution in [0.2, 0.25) is 0 Å². The van der Waals surface area contributed by atoms with Crippen molar-refractivity contribution in [3.63, 3.8) is 0 Å². The Balaban J connectivity index is 1.88. The molecule has 92 valence electrons. The molecule has 0 bridgehead atoms. The Kier molecular flexibility index (Phi) is 3.13. The highest BCUT2D eigenvalue weighted by Gasteiger charge is 2.41. The first-order valence-electron chi connectivity index (χ1n) is 6.18. The van der Waals surface area contributed by atoms with Gasteiger partial charge in [0.2, 0.25) is 0 Å². The zero-order chi connectivity index (χ0) is 12.5. The van der Waals surface area contributed by atoms with Crippen molar-refractivity contribution in [1.29, 1.82) is 0 Å². The number of para-hydroxylation sites is 1. The predicted molar refractivity (Wildman–Crippen MR) is 77.2 cm³/mol. The third-order valence-corrected chi connectivity index (χ3v) is 4.36. The maximum absolute atomic E-state index is 5.45. The quantitative estimate of drug-likeness (QED) is 0.796. The maximum atomic E-state index is 5.45. The van der Waals surface area contributed by atoms with E-state index in [0.717, 1.165) is 5.75 Å². The topological polar surface area (TPSA) is 9.23 Å². The average Bonchev–Trinajstić information content (AvgIpc) is 3.19. The molecule has 0 heterocycles. The Morgan fingerprint density at radius 2 is 1.56 bits per heavy atom. The Morgan fingerprint density at radius 1 is 0.944 bits per heavy atom. The number of halogens is 1. The molecular formula is C16H15BrO. The highest BCUT2D eigenvalue weighted by molar-refractivity contribution is 9.10. The van der Waals surface area contributed by atoms with E-state index in [-0.39, 0.29) is 0 Å². The van der Waals surface area contributed by atoms with Crippen LogP contribution in [0.5, 0.6) is 5.75 Å². The van der Waals surface area contributed by atoms with Gasteiger partial charge in [-0.2, -0.15) is 0 Å². The van der Waals surface area contributed by atoms with Crippen molar-refractivity contribution in [2.24, 2.45) is 0 Å². The van der Waals surface area contributed by atoms with Gasteiger partial charge in [0.25, 0.3) is 0 Å². The van der Waals surface area contributed by atoms with Gasteiger partial charge in [-0.05, 0) is 41.5 Å². The van der Waals surface area contributed by atoms with E-state index in [4.69, 9.17) is 4.74 Å². The van der Waals surface area contributed by atoms with Crippen LogP contribution in [0, 0.1) is 0 Å². The molecule has 18 heavy (non-hydrogen) atoms. The second-order valence-corrected chi connectivity index (χ2v) is 5.57. The van der Waals surface area contributed by atoms with Gasteiger partial charge in [0.05, 0.1) is 7.11 Å². The molecule has 0 amide bonds. The molecule has 0 aliphatic heterocycles. The van der Waals surface area contributed by atoms with E-state index >= 15 is 0 Å². The summed E-state index contributed by atoms with van der Waals surface area (Å²) in [6.45, 7) is 0. The summed E-state index contributed by atoms with van der Waals surface area (Å²) in [5, 5.41) is 0. The van der Waals surface area contributed by atoms with E-state index in [1.54, 1.807) is 7.11 Å². The van der Waals surface area contributed by atoms with Gasteiger partial charge in [0.15, 0.2) is 0 Å². The first-order valence-corrected chi connectivity index (χ1v) is 6.98. The largest absolute Gasteiger partial charge is 0.496 e. The Labute approximate surface area is 116 Å². The molecule has 3 rings (SSSR count). The molecule has 1 saturated carbocycles. The first-order chi connectivity index (χ1) is 8.81. The van der Waals surface area contributed by atoms with Crippen molar-refractivity contribution in [1.82, 2.24) is 0 Å². The fraction of sp³-hybridized carbons (Fsp3) is 0.250. The van der Waals surface area contributed by atoms with E-state index in [2.05, 4.69) is 52.3 Å². The van der Waals surface area contributed by atoms with E-state index in [9.17, 15) is 0 Å². The summed E-state index contributed by atoms with van der Waals surface area (Å²) < 4.78 is 6.66. The third kappa shape index (κ3) is 2.05. The minimum atomic E-state index is 0.597. The number of methoxy groups -OCH3 is 1. The SMILES string of the molecule is COc1ccccc1[C@H]1C[C@@H]1c1ccccc1Br. The summed E-state index contributed by atoms with van der Waals surface area (Å²) in [5.74, 6) is 2.23. The maximum Gasteiger partial charge on any atom is 0.122 e. The Morgan fingerprint density at radius 3 is 2.28 bits per heavy atom.